The minimum atomic E-state index is -0.109. The third kappa shape index (κ3) is 3.07. The highest BCUT2D eigenvalue weighted by atomic mass is 32.1. The van der Waals surface area contributed by atoms with E-state index in [-0.39, 0.29) is 11.5 Å². The maximum atomic E-state index is 12.2. The normalized spacial score (nSPS) is 11.1. The molecule has 2 aromatic rings. The molecule has 20 heavy (non-hydrogen) atoms. The molecule has 0 radical (unpaired) electrons. The molecule has 2 aromatic heterocycles. The zero-order valence-corrected chi connectivity index (χ0v) is 13.1. The number of aryl methyl sites for hydroxylation is 1. The van der Waals surface area contributed by atoms with Crippen molar-refractivity contribution in [3.63, 3.8) is 0 Å². The van der Waals surface area contributed by atoms with Crippen LogP contribution >= 0.6 is 11.3 Å². The van der Waals surface area contributed by atoms with Crippen molar-refractivity contribution in [1.29, 1.82) is 0 Å². The Hall–Kier alpha value is -1.69. The van der Waals surface area contributed by atoms with Crippen LogP contribution in [-0.4, -0.2) is 21.3 Å². The van der Waals surface area contributed by atoms with Crippen LogP contribution in [0.15, 0.2) is 16.2 Å². The van der Waals surface area contributed by atoms with Crippen LogP contribution in [0.2, 0.25) is 0 Å². The van der Waals surface area contributed by atoms with Crippen LogP contribution in [0.3, 0.4) is 0 Å². The molecule has 0 bridgehead atoms. The lowest BCUT2D eigenvalue weighted by atomic mass is 10.1. The molecule has 0 unspecified atom stereocenters. The molecule has 0 aliphatic carbocycles. The van der Waals surface area contributed by atoms with Gasteiger partial charge in [0.05, 0.1) is 17.0 Å². The van der Waals surface area contributed by atoms with Gasteiger partial charge in [-0.15, -0.1) is 11.3 Å². The molecular formula is C14H20N4OS. The topological polar surface area (TPSA) is 59.8 Å². The molecule has 0 saturated heterocycles. The maximum absolute atomic E-state index is 12.2. The van der Waals surface area contributed by atoms with Gasteiger partial charge in [-0.25, -0.2) is 9.67 Å². The molecule has 0 atom stereocenters. The third-order valence-corrected chi connectivity index (χ3v) is 3.78. The smallest absolute Gasteiger partial charge is 0.275 e. The van der Waals surface area contributed by atoms with Gasteiger partial charge in [0.15, 0.2) is 5.13 Å². The Balaban J connectivity index is 2.41. The van der Waals surface area contributed by atoms with E-state index < -0.39 is 0 Å². The van der Waals surface area contributed by atoms with E-state index in [4.69, 9.17) is 0 Å². The van der Waals surface area contributed by atoms with Crippen LogP contribution in [-0.2, 0) is 7.05 Å². The van der Waals surface area contributed by atoms with Crippen LogP contribution in [0, 0.1) is 0 Å². The molecule has 0 fully saturated rings. The first kappa shape index (κ1) is 14.7. The molecule has 6 heteroatoms. The minimum Gasteiger partial charge on any atom is -0.362 e. The Kier molecular flexibility index (Phi) is 4.54. The van der Waals surface area contributed by atoms with Crippen molar-refractivity contribution in [3.05, 3.63) is 27.5 Å². The molecule has 0 aliphatic heterocycles. The largest absolute Gasteiger partial charge is 0.362 e. The van der Waals surface area contributed by atoms with Gasteiger partial charge in [0.2, 0.25) is 0 Å². The van der Waals surface area contributed by atoms with E-state index in [1.807, 2.05) is 11.4 Å². The molecule has 108 valence electrons. The number of hydrogen-bond acceptors (Lipinski definition) is 5. The summed E-state index contributed by atoms with van der Waals surface area (Å²) in [5, 5.41) is 10.3. The summed E-state index contributed by atoms with van der Waals surface area (Å²) >= 11 is 1.52. The zero-order chi connectivity index (χ0) is 14.7. The third-order valence-electron chi connectivity index (χ3n) is 2.98. The van der Waals surface area contributed by atoms with Gasteiger partial charge in [-0.2, -0.15) is 5.10 Å². The molecular weight excluding hydrogens is 272 g/mol. The second-order valence-corrected chi connectivity index (χ2v) is 5.89. The van der Waals surface area contributed by atoms with E-state index in [9.17, 15) is 4.79 Å². The zero-order valence-electron chi connectivity index (χ0n) is 12.3. The first-order valence-electron chi connectivity index (χ1n) is 6.81. The number of hydrogen-bond donors (Lipinski definition) is 1. The second-order valence-electron chi connectivity index (χ2n) is 5.03. The Bertz CT molecular complexity index is 645. The first-order chi connectivity index (χ1) is 9.52. The summed E-state index contributed by atoms with van der Waals surface area (Å²) in [6.07, 6.45) is 1.05. The number of anilines is 1. The summed E-state index contributed by atoms with van der Waals surface area (Å²) in [5.74, 6) is 0.275. The Morgan fingerprint density at radius 1 is 1.45 bits per heavy atom. The molecule has 1 N–H and O–H groups in total. The van der Waals surface area contributed by atoms with Crippen molar-refractivity contribution in [1.82, 2.24) is 14.8 Å². The average molecular weight is 292 g/mol. The van der Waals surface area contributed by atoms with E-state index >= 15 is 0 Å². The van der Waals surface area contributed by atoms with Crippen LogP contribution in [0.25, 0.3) is 11.3 Å². The van der Waals surface area contributed by atoms with Gasteiger partial charge < -0.3 is 5.32 Å². The van der Waals surface area contributed by atoms with Crippen molar-refractivity contribution < 1.29 is 0 Å². The van der Waals surface area contributed by atoms with Crippen molar-refractivity contribution in [2.75, 3.05) is 11.9 Å². The van der Waals surface area contributed by atoms with Crippen LogP contribution < -0.4 is 10.9 Å². The first-order valence-corrected chi connectivity index (χ1v) is 7.69. The van der Waals surface area contributed by atoms with Crippen molar-refractivity contribution >= 4 is 16.5 Å². The number of aromatic nitrogens is 3. The lowest BCUT2D eigenvalue weighted by Crippen LogP contribution is -2.23. The van der Waals surface area contributed by atoms with E-state index in [1.54, 1.807) is 7.05 Å². The summed E-state index contributed by atoms with van der Waals surface area (Å²) in [4.78, 5) is 16.7. The summed E-state index contributed by atoms with van der Waals surface area (Å²) in [6.45, 7) is 7.12. The summed E-state index contributed by atoms with van der Waals surface area (Å²) in [5.41, 5.74) is 2.13. The number of nitrogens with zero attached hydrogens (tertiary/aromatic N) is 3. The molecule has 2 rings (SSSR count). The number of thiazole rings is 1. The monoisotopic (exact) mass is 292 g/mol. The highest BCUT2D eigenvalue weighted by Crippen LogP contribution is 2.24. The fraction of sp³-hybridized carbons (Fsp3) is 0.500. The molecule has 0 amide bonds. The molecule has 0 spiro atoms. The fourth-order valence-electron chi connectivity index (χ4n) is 1.81. The Morgan fingerprint density at radius 2 is 2.20 bits per heavy atom. The number of rotatable bonds is 5. The quantitative estimate of drug-likeness (QED) is 0.920. The van der Waals surface area contributed by atoms with E-state index in [0.717, 1.165) is 29.5 Å². The standard InChI is InChI=1S/C14H20N4OS/c1-5-6-15-14-16-12(8-20-14)10-7-11(9(2)3)17-18(4)13(10)19/h7-9H,5-6H2,1-4H3,(H,15,16). The van der Waals surface area contributed by atoms with E-state index in [1.165, 1.54) is 16.0 Å². The average Bonchev–Trinajstić information content (AvgIpc) is 2.87. The predicted octanol–water partition coefficient (Wildman–Crippen LogP) is 2.85. The van der Waals surface area contributed by atoms with E-state index in [0.29, 0.717) is 5.56 Å². The van der Waals surface area contributed by atoms with Crippen LogP contribution in [0.4, 0.5) is 5.13 Å². The van der Waals surface area contributed by atoms with E-state index in [2.05, 4.69) is 36.2 Å². The van der Waals surface area contributed by atoms with Gasteiger partial charge in [-0.3, -0.25) is 4.79 Å². The predicted molar refractivity (Wildman–Crippen MR) is 83.5 cm³/mol. The highest BCUT2D eigenvalue weighted by Gasteiger charge is 2.13. The molecule has 0 saturated carbocycles. The Morgan fingerprint density at radius 3 is 2.85 bits per heavy atom. The van der Waals surface area contributed by atoms with Gasteiger partial charge in [0, 0.05) is 19.0 Å². The van der Waals surface area contributed by atoms with Crippen LogP contribution in [0.1, 0.15) is 38.8 Å². The van der Waals surface area contributed by atoms with Gasteiger partial charge in [-0.1, -0.05) is 20.8 Å². The lowest BCUT2D eigenvalue weighted by molar-refractivity contribution is 0.655. The molecule has 0 aromatic carbocycles. The SMILES string of the molecule is CCCNc1nc(-c2cc(C(C)C)nn(C)c2=O)cs1. The van der Waals surface area contributed by atoms with Gasteiger partial charge in [0.25, 0.3) is 5.56 Å². The van der Waals surface area contributed by atoms with Crippen LogP contribution in [0.5, 0.6) is 0 Å². The fourth-order valence-corrected chi connectivity index (χ4v) is 2.55. The van der Waals surface area contributed by atoms with Crippen molar-refractivity contribution in [2.45, 2.75) is 33.1 Å². The van der Waals surface area contributed by atoms with Gasteiger partial charge >= 0.3 is 0 Å². The van der Waals surface area contributed by atoms with Gasteiger partial charge in [0.1, 0.15) is 0 Å². The van der Waals surface area contributed by atoms with Crippen molar-refractivity contribution in [2.24, 2.45) is 7.05 Å². The molecule has 2 heterocycles. The van der Waals surface area contributed by atoms with Gasteiger partial charge in [-0.05, 0) is 18.4 Å². The Labute approximate surface area is 122 Å². The lowest BCUT2D eigenvalue weighted by Gasteiger charge is -2.08. The minimum absolute atomic E-state index is 0.109. The number of nitrogens with one attached hydrogen (secondary N) is 1. The molecule has 5 nitrogen and oxygen atoms in total. The summed E-state index contributed by atoms with van der Waals surface area (Å²) in [7, 11) is 1.68. The maximum Gasteiger partial charge on any atom is 0.275 e. The summed E-state index contributed by atoms with van der Waals surface area (Å²) in [6, 6.07) is 1.85. The van der Waals surface area contributed by atoms with Crippen molar-refractivity contribution in [3.8, 4) is 11.3 Å². The highest BCUT2D eigenvalue weighted by molar-refractivity contribution is 7.14. The summed E-state index contributed by atoms with van der Waals surface area (Å²) < 4.78 is 1.39. The second kappa shape index (κ2) is 6.17. The molecule has 0 aliphatic rings.